The zero-order chi connectivity index (χ0) is 14.9. The van der Waals surface area contributed by atoms with Crippen LogP contribution in [0.4, 0.5) is 0 Å². The molecule has 0 heterocycles. The van der Waals surface area contributed by atoms with Crippen LogP contribution in [0.1, 0.15) is 36.2 Å². The van der Waals surface area contributed by atoms with Crippen molar-refractivity contribution in [1.82, 2.24) is 0 Å². The molecule has 104 valence electrons. The standard InChI is InChI=1S/C16H16O4/c1-9(2)4-6-12-14(17)11-7-5-10(20-3)8-13(11)16(19)15(12)18/h4-5,7-8,17H,6H2,1-3H3. The molecule has 1 aliphatic carbocycles. The van der Waals surface area contributed by atoms with Crippen LogP contribution in [0, 0.1) is 0 Å². The van der Waals surface area contributed by atoms with E-state index in [1.165, 1.54) is 13.2 Å². The number of aliphatic hydroxyl groups excluding tert-OH is 1. The predicted octanol–water partition coefficient (Wildman–Crippen LogP) is 3.09. The highest BCUT2D eigenvalue weighted by molar-refractivity contribution is 6.52. The lowest BCUT2D eigenvalue weighted by atomic mass is 9.86. The molecule has 0 saturated heterocycles. The molecule has 0 saturated carbocycles. The summed E-state index contributed by atoms with van der Waals surface area (Å²) >= 11 is 0. The first-order chi connectivity index (χ1) is 9.45. The summed E-state index contributed by atoms with van der Waals surface area (Å²) in [5, 5.41) is 10.2. The highest BCUT2D eigenvalue weighted by atomic mass is 16.5. The highest BCUT2D eigenvalue weighted by Crippen LogP contribution is 2.32. The van der Waals surface area contributed by atoms with Gasteiger partial charge >= 0.3 is 0 Å². The number of allylic oxidation sites excluding steroid dienone is 3. The summed E-state index contributed by atoms with van der Waals surface area (Å²) in [6.07, 6.45) is 2.06. The summed E-state index contributed by atoms with van der Waals surface area (Å²) in [7, 11) is 1.48. The highest BCUT2D eigenvalue weighted by Gasteiger charge is 2.32. The number of ketones is 2. The molecule has 0 fully saturated rings. The smallest absolute Gasteiger partial charge is 0.234 e. The second-order valence-electron chi connectivity index (χ2n) is 4.88. The van der Waals surface area contributed by atoms with E-state index >= 15 is 0 Å². The van der Waals surface area contributed by atoms with Gasteiger partial charge in [0.15, 0.2) is 0 Å². The topological polar surface area (TPSA) is 63.6 Å². The van der Waals surface area contributed by atoms with E-state index in [9.17, 15) is 14.7 Å². The van der Waals surface area contributed by atoms with E-state index in [1.807, 2.05) is 19.9 Å². The van der Waals surface area contributed by atoms with Crippen molar-refractivity contribution in [2.45, 2.75) is 20.3 Å². The molecule has 0 radical (unpaired) electrons. The third-order valence-corrected chi connectivity index (χ3v) is 3.21. The number of carbonyl (C=O) groups is 2. The molecule has 4 heteroatoms. The lowest BCUT2D eigenvalue weighted by molar-refractivity contribution is -0.112. The minimum absolute atomic E-state index is 0.121. The van der Waals surface area contributed by atoms with Gasteiger partial charge in [0.05, 0.1) is 7.11 Å². The Hall–Kier alpha value is -2.36. The second kappa shape index (κ2) is 5.33. The van der Waals surface area contributed by atoms with E-state index in [1.54, 1.807) is 12.1 Å². The number of fused-ring (bicyclic) bond motifs is 1. The van der Waals surface area contributed by atoms with Crippen molar-refractivity contribution in [2.24, 2.45) is 0 Å². The zero-order valence-electron chi connectivity index (χ0n) is 11.7. The molecule has 4 nitrogen and oxygen atoms in total. The van der Waals surface area contributed by atoms with Gasteiger partial charge in [-0.3, -0.25) is 9.59 Å². The average Bonchev–Trinajstić information content (AvgIpc) is 2.44. The number of methoxy groups -OCH3 is 1. The van der Waals surface area contributed by atoms with Crippen LogP contribution >= 0.6 is 0 Å². The molecular weight excluding hydrogens is 256 g/mol. The number of carbonyl (C=O) groups excluding carboxylic acids is 2. The number of rotatable bonds is 3. The maximum atomic E-state index is 12.1. The van der Waals surface area contributed by atoms with Gasteiger partial charge in [0.25, 0.3) is 0 Å². The Morgan fingerprint density at radius 1 is 1.20 bits per heavy atom. The van der Waals surface area contributed by atoms with Gasteiger partial charge in [0, 0.05) is 16.7 Å². The molecule has 2 rings (SSSR count). The molecule has 1 N–H and O–H groups in total. The normalized spacial score (nSPS) is 14.2. The first-order valence-corrected chi connectivity index (χ1v) is 6.28. The van der Waals surface area contributed by atoms with E-state index in [4.69, 9.17) is 4.74 Å². The van der Waals surface area contributed by atoms with Crippen LogP contribution in [0.2, 0.25) is 0 Å². The lowest BCUT2D eigenvalue weighted by Crippen LogP contribution is -2.24. The Bertz CT molecular complexity index is 646. The van der Waals surface area contributed by atoms with Crippen molar-refractivity contribution < 1.29 is 19.4 Å². The molecule has 0 aliphatic heterocycles. The quantitative estimate of drug-likeness (QED) is 0.678. The lowest BCUT2D eigenvalue weighted by Gasteiger charge is -2.17. The third kappa shape index (κ3) is 2.37. The van der Waals surface area contributed by atoms with Gasteiger partial charge in [-0.25, -0.2) is 0 Å². The number of benzene rings is 1. The van der Waals surface area contributed by atoms with Gasteiger partial charge in [0.1, 0.15) is 11.5 Å². The van der Waals surface area contributed by atoms with Gasteiger partial charge in [0.2, 0.25) is 11.6 Å². The van der Waals surface area contributed by atoms with Crippen LogP contribution in [0.25, 0.3) is 5.76 Å². The van der Waals surface area contributed by atoms with Gasteiger partial charge in [-0.1, -0.05) is 11.6 Å². The van der Waals surface area contributed by atoms with E-state index in [0.717, 1.165) is 5.57 Å². The van der Waals surface area contributed by atoms with Crippen LogP contribution in [0.3, 0.4) is 0 Å². The van der Waals surface area contributed by atoms with E-state index in [-0.39, 0.29) is 23.3 Å². The van der Waals surface area contributed by atoms with Gasteiger partial charge < -0.3 is 9.84 Å². The number of Topliss-reactive ketones (excluding diaryl/α,β-unsaturated/α-hetero) is 2. The molecule has 0 spiro atoms. The Kier molecular flexibility index (Phi) is 3.74. The van der Waals surface area contributed by atoms with E-state index < -0.39 is 11.6 Å². The zero-order valence-corrected chi connectivity index (χ0v) is 11.7. The molecule has 0 amide bonds. The molecule has 0 atom stereocenters. The van der Waals surface area contributed by atoms with Crippen LogP contribution in [0.5, 0.6) is 5.75 Å². The Morgan fingerprint density at radius 3 is 2.50 bits per heavy atom. The van der Waals surface area contributed by atoms with Crippen LogP contribution in [-0.2, 0) is 4.79 Å². The van der Waals surface area contributed by atoms with Crippen molar-refractivity contribution in [3.63, 3.8) is 0 Å². The Labute approximate surface area is 117 Å². The molecule has 0 unspecified atom stereocenters. The van der Waals surface area contributed by atoms with Crippen LogP contribution in [0.15, 0.2) is 35.4 Å². The van der Waals surface area contributed by atoms with Gasteiger partial charge in [-0.05, 0) is 38.5 Å². The summed E-state index contributed by atoms with van der Waals surface area (Å²) in [4.78, 5) is 24.2. The maximum Gasteiger partial charge on any atom is 0.234 e. The first-order valence-electron chi connectivity index (χ1n) is 6.28. The molecule has 0 bridgehead atoms. The molecular formula is C16H16O4. The summed E-state index contributed by atoms with van der Waals surface area (Å²) in [6.45, 7) is 3.79. The third-order valence-electron chi connectivity index (χ3n) is 3.21. The molecule has 20 heavy (non-hydrogen) atoms. The van der Waals surface area contributed by atoms with E-state index in [2.05, 4.69) is 0 Å². The fourth-order valence-corrected chi connectivity index (χ4v) is 2.07. The summed E-state index contributed by atoms with van der Waals surface area (Å²) in [5.74, 6) is -0.898. The Morgan fingerprint density at radius 2 is 1.90 bits per heavy atom. The predicted molar refractivity (Wildman–Crippen MR) is 75.9 cm³/mol. The minimum Gasteiger partial charge on any atom is -0.507 e. The van der Waals surface area contributed by atoms with Crippen molar-refractivity contribution >= 4 is 17.3 Å². The fourth-order valence-electron chi connectivity index (χ4n) is 2.07. The first kappa shape index (κ1) is 14.1. The second-order valence-corrected chi connectivity index (χ2v) is 4.88. The van der Waals surface area contributed by atoms with Crippen LogP contribution < -0.4 is 4.74 Å². The van der Waals surface area contributed by atoms with Crippen LogP contribution in [-0.4, -0.2) is 23.8 Å². The average molecular weight is 272 g/mol. The minimum atomic E-state index is -0.652. The maximum absolute atomic E-state index is 12.1. The van der Waals surface area contributed by atoms with Gasteiger partial charge in [-0.15, -0.1) is 0 Å². The fraction of sp³-hybridized carbons (Fsp3) is 0.250. The summed E-state index contributed by atoms with van der Waals surface area (Å²) in [6, 6.07) is 4.72. The van der Waals surface area contributed by atoms with Crippen molar-refractivity contribution in [1.29, 1.82) is 0 Å². The summed E-state index contributed by atoms with van der Waals surface area (Å²) in [5.41, 5.74) is 1.74. The monoisotopic (exact) mass is 272 g/mol. The number of hydrogen-bond donors (Lipinski definition) is 1. The number of ether oxygens (including phenoxy) is 1. The molecule has 0 aromatic heterocycles. The molecule has 1 aromatic carbocycles. The van der Waals surface area contributed by atoms with E-state index in [0.29, 0.717) is 11.3 Å². The van der Waals surface area contributed by atoms with Crippen molar-refractivity contribution in [3.8, 4) is 5.75 Å². The van der Waals surface area contributed by atoms with Gasteiger partial charge in [-0.2, -0.15) is 0 Å². The van der Waals surface area contributed by atoms with Crippen molar-refractivity contribution in [3.05, 3.63) is 46.5 Å². The Balaban J connectivity index is 2.56. The summed E-state index contributed by atoms with van der Waals surface area (Å²) < 4.78 is 5.03. The number of hydrogen-bond acceptors (Lipinski definition) is 4. The molecule has 1 aromatic rings. The van der Waals surface area contributed by atoms with Crippen molar-refractivity contribution in [2.75, 3.05) is 7.11 Å². The SMILES string of the molecule is COc1ccc2c(c1)C(=O)C(=O)C(CC=C(C)C)=C2O. The molecule has 1 aliphatic rings. The largest absolute Gasteiger partial charge is 0.507 e. The number of aliphatic hydroxyl groups is 1.